The standard InChI is InChI=1S/C23H22F2N4O2S/c1-14-12-15(2)27-23(26-14)32-13-17-8-10-18(11-9-17)21(30)29-28-16(3)19-6-4-5-7-20(19)31-22(24)25/h4-12,22H,13H2,1-3H3,(H,29,30)/b28-16-. The SMILES string of the molecule is C/C(=N/NC(=O)c1ccc(CSc2nc(C)cc(C)n2)cc1)c1ccccc1OC(F)F. The molecule has 32 heavy (non-hydrogen) atoms. The summed E-state index contributed by atoms with van der Waals surface area (Å²) in [7, 11) is 0. The first kappa shape index (κ1) is 23.3. The molecule has 0 aliphatic carbocycles. The second kappa shape index (κ2) is 10.8. The Hall–Kier alpha value is -3.33. The monoisotopic (exact) mass is 456 g/mol. The lowest BCUT2D eigenvalue weighted by molar-refractivity contribution is -0.0499. The Balaban J connectivity index is 1.61. The summed E-state index contributed by atoms with van der Waals surface area (Å²) in [5.74, 6) is 0.254. The maximum Gasteiger partial charge on any atom is 0.387 e. The predicted molar refractivity (Wildman–Crippen MR) is 120 cm³/mol. The predicted octanol–water partition coefficient (Wildman–Crippen LogP) is 5.14. The van der Waals surface area contributed by atoms with E-state index in [0.717, 1.165) is 17.0 Å². The van der Waals surface area contributed by atoms with Gasteiger partial charge in [0.05, 0.1) is 5.71 Å². The molecule has 166 valence electrons. The van der Waals surface area contributed by atoms with Gasteiger partial charge in [-0.1, -0.05) is 36.0 Å². The maximum absolute atomic E-state index is 12.6. The van der Waals surface area contributed by atoms with E-state index in [9.17, 15) is 13.6 Å². The first-order chi connectivity index (χ1) is 15.3. The number of para-hydroxylation sites is 1. The Morgan fingerprint density at radius 1 is 1.09 bits per heavy atom. The summed E-state index contributed by atoms with van der Waals surface area (Å²) in [6.07, 6.45) is 0. The van der Waals surface area contributed by atoms with Crippen molar-refractivity contribution in [2.45, 2.75) is 38.3 Å². The normalized spacial score (nSPS) is 11.5. The Labute approximate surface area is 189 Å². The summed E-state index contributed by atoms with van der Waals surface area (Å²) in [5.41, 5.74) is 6.45. The highest BCUT2D eigenvalue weighted by molar-refractivity contribution is 7.98. The summed E-state index contributed by atoms with van der Waals surface area (Å²) in [6, 6.07) is 15.3. The molecule has 6 nitrogen and oxygen atoms in total. The zero-order chi connectivity index (χ0) is 23.1. The van der Waals surface area contributed by atoms with Crippen molar-refractivity contribution in [2.24, 2.45) is 5.10 Å². The number of hydrazone groups is 1. The van der Waals surface area contributed by atoms with E-state index in [1.165, 1.54) is 17.8 Å². The fourth-order valence-electron chi connectivity index (χ4n) is 2.88. The molecule has 0 aliphatic rings. The van der Waals surface area contributed by atoms with E-state index in [1.54, 1.807) is 37.3 Å². The highest BCUT2D eigenvalue weighted by Crippen LogP contribution is 2.22. The number of nitrogens with zero attached hydrogens (tertiary/aromatic N) is 3. The number of hydrogen-bond donors (Lipinski definition) is 1. The van der Waals surface area contributed by atoms with Gasteiger partial charge in [-0.25, -0.2) is 15.4 Å². The van der Waals surface area contributed by atoms with E-state index in [4.69, 9.17) is 0 Å². The van der Waals surface area contributed by atoms with Crippen molar-refractivity contribution >= 4 is 23.4 Å². The minimum atomic E-state index is -2.95. The summed E-state index contributed by atoms with van der Waals surface area (Å²) in [6.45, 7) is 2.52. The third kappa shape index (κ3) is 6.58. The van der Waals surface area contributed by atoms with Gasteiger partial charge in [0, 0.05) is 28.3 Å². The Kier molecular flexibility index (Phi) is 7.88. The van der Waals surface area contributed by atoms with E-state index >= 15 is 0 Å². The molecule has 3 aromatic rings. The molecule has 1 aromatic heterocycles. The molecule has 0 saturated heterocycles. The average molecular weight is 457 g/mol. The van der Waals surface area contributed by atoms with Crippen LogP contribution in [0.1, 0.15) is 39.8 Å². The third-order valence-corrected chi connectivity index (χ3v) is 5.28. The molecule has 9 heteroatoms. The van der Waals surface area contributed by atoms with Gasteiger partial charge in [0.15, 0.2) is 5.16 Å². The van der Waals surface area contributed by atoms with Crippen LogP contribution in [0.15, 0.2) is 64.9 Å². The lowest BCUT2D eigenvalue weighted by Crippen LogP contribution is -2.19. The van der Waals surface area contributed by atoms with Crippen LogP contribution in [0, 0.1) is 13.8 Å². The lowest BCUT2D eigenvalue weighted by atomic mass is 10.1. The number of carbonyl (C=O) groups is 1. The molecule has 1 heterocycles. The van der Waals surface area contributed by atoms with Gasteiger partial charge in [0.25, 0.3) is 5.91 Å². The first-order valence-corrected chi connectivity index (χ1v) is 10.7. The zero-order valence-electron chi connectivity index (χ0n) is 17.8. The number of halogens is 2. The Morgan fingerprint density at radius 2 is 1.75 bits per heavy atom. The molecule has 3 rings (SSSR count). The number of carbonyl (C=O) groups excluding carboxylic acids is 1. The van der Waals surface area contributed by atoms with E-state index in [0.29, 0.717) is 27.7 Å². The van der Waals surface area contributed by atoms with Crippen LogP contribution in [-0.2, 0) is 5.75 Å². The molecule has 0 spiro atoms. The van der Waals surface area contributed by atoms with Crippen LogP contribution in [-0.4, -0.2) is 28.2 Å². The van der Waals surface area contributed by atoms with E-state index in [-0.39, 0.29) is 5.75 Å². The molecular weight excluding hydrogens is 434 g/mol. The smallest absolute Gasteiger partial charge is 0.387 e. The van der Waals surface area contributed by atoms with E-state index in [2.05, 4.69) is 25.2 Å². The summed E-state index contributed by atoms with van der Waals surface area (Å²) >= 11 is 1.52. The van der Waals surface area contributed by atoms with Crippen molar-refractivity contribution < 1.29 is 18.3 Å². The molecule has 0 radical (unpaired) electrons. The number of thioether (sulfide) groups is 1. The minimum Gasteiger partial charge on any atom is -0.434 e. The van der Waals surface area contributed by atoms with Crippen molar-refractivity contribution in [2.75, 3.05) is 0 Å². The number of amides is 1. The summed E-state index contributed by atoms with van der Waals surface area (Å²) in [4.78, 5) is 21.2. The molecule has 0 unspecified atom stereocenters. The number of aryl methyl sites for hydroxylation is 2. The molecule has 2 aromatic carbocycles. The van der Waals surface area contributed by atoms with Gasteiger partial charge in [0.2, 0.25) is 0 Å². The molecule has 0 atom stereocenters. The molecule has 0 bridgehead atoms. The van der Waals surface area contributed by atoms with Gasteiger partial charge in [-0.2, -0.15) is 13.9 Å². The Morgan fingerprint density at radius 3 is 2.41 bits per heavy atom. The third-order valence-electron chi connectivity index (χ3n) is 4.36. The van der Waals surface area contributed by atoms with Gasteiger partial charge in [-0.3, -0.25) is 4.79 Å². The van der Waals surface area contributed by atoms with Crippen molar-refractivity contribution in [1.29, 1.82) is 0 Å². The second-order valence-corrected chi connectivity index (χ2v) is 7.87. The molecule has 0 aliphatic heterocycles. The van der Waals surface area contributed by atoms with Crippen molar-refractivity contribution in [3.8, 4) is 5.75 Å². The quantitative estimate of drug-likeness (QED) is 0.220. The van der Waals surface area contributed by atoms with Crippen molar-refractivity contribution in [3.63, 3.8) is 0 Å². The van der Waals surface area contributed by atoms with Crippen molar-refractivity contribution in [3.05, 3.63) is 82.7 Å². The molecule has 1 amide bonds. The highest BCUT2D eigenvalue weighted by atomic mass is 32.2. The number of ether oxygens (including phenoxy) is 1. The van der Waals surface area contributed by atoms with Gasteiger partial charge >= 0.3 is 6.61 Å². The molecule has 1 N–H and O–H groups in total. The van der Waals surface area contributed by atoms with Gasteiger partial charge in [0.1, 0.15) is 5.75 Å². The van der Waals surface area contributed by atoms with Gasteiger partial charge in [-0.15, -0.1) is 0 Å². The number of hydrogen-bond acceptors (Lipinski definition) is 6. The summed E-state index contributed by atoms with van der Waals surface area (Å²) < 4.78 is 29.7. The summed E-state index contributed by atoms with van der Waals surface area (Å²) in [5, 5.41) is 4.74. The number of aromatic nitrogens is 2. The zero-order valence-corrected chi connectivity index (χ0v) is 18.6. The second-order valence-electron chi connectivity index (χ2n) is 6.93. The molecular formula is C23H22F2N4O2S. The fourth-order valence-corrected chi connectivity index (χ4v) is 3.79. The highest BCUT2D eigenvalue weighted by Gasteiger charge is 2.12. The van der Waals surface area contributed by atoms with E-state index < -0.39 is 12.5 Å². The first-order valence-electron chi connectivity index (χ1n) is 9.74. The number of alkyl halides is 2. The fraction of sp³-hybridized carbons (Fsp3) is 0.217. The number of rotatable bonds is 8. The van der Waals surface area contributed by atoms with Crippen LogP contribution in [0.2, 0.25) is 0 Å². The van der Waals surface area contributed by atoms with Crippen LogP contribution >= 0.6 is 11.8 Å². The van der Waals surface area contributed by atoms with Crippen LogP contribution in [0.4, 0.5) is 8.78 Å². The number of benzene rings is 2. The maximum atomic E-state index is 12.6. The number of nitrogens with one attached hydrogen (secondary N) is 1. The Bertz CT molecular complexity index is 1100. The molecule has 0 saturated carbocycles. The largest absolute Gasteiger partial charge is 0.434 e. The molecule has 0 fully saturated rings. The van der Waals surface area contributed by atoms with Gasteiger partial charge in [-0.05, 0) is 56.7 Å². The van der Waals surface area contributed by atoms with Crippen LogP contribution in [0.5, 0.6) is 5.75 Å². The van der Waals surface area contributed by atoms with Gasteiger partial charge < -0.3 is 4.74 Å². The van der Waals surface area contributed by atoms with Crippen LogP contribution in [0.25, 0.3) is 0 Å². The lowest BCUT2D eigenvalue weighted by Gasteiger charge is -2.10. The van der Waals surface area contributed by atoms with E-state index in [1.807, 2.05) is 32.0 Å². The minimum absolute atomic E-state index is 0.00682. The van der Waals surface area contributed by atoms with Crippen LogP contribution in [0.3, 0.4) is 0 Å². The van der Waals surface area contributed by atoms with Crippen LogP contribution < -0.4 is 10.2 Å². The average Bonchev–Trinajstić information content (AvgIpc) is 2.75. The topological polar surface area (TPSA) is 76.5 Å². The van der Waals surface area contributed by atoms with Crippen molar-refractivity contribution in [1.82, 2.24) is 15.4 Å².